The highest BCUT2D eigenvalue weighted by molar-refractivity contribution is 7.99. The molecule has 0 bridgehead atoms. The summed E-state index contributed by atoms with van der Waals surface area (Å²) in [5.41, 5.74) is 0.866. The van der Waals surface area contributed by atoms with E-state index in [0.717, 1.165) is 17.3 Å². The number of benzene rings is 2. The van der Waals surface area contributed by atoms with Crippen LogP contribution < -0.4 is 14.8 Å². The summed E-state index contributed by atoms with van der Waals surface area (Å²) < 4.78 is 16.1. The number of amides is 1. The lowest BCUT2D eigenvalue weighted by atomic mass is 10.1. The average molecular weight is 465 g/mol. The first-order valence-corrected chi connectivity index (χ1v) is 10.2. The van der Waals surface area contributed by atoms with Crippen LogP contribution >= 0.6 is 23.4 Å². The smallest absolute Gasteiger partial charge is 0.289 e. The number of nitro groups is 1. The average Bonchev–Trinajstić information content (AvgIpc) is 3.20. The maximum atomic E-state index is 12.1. The minimum absolute atomic E-state index is 0.00903. The molecule has 0 saturated carbocycles. The summed E-state index contributed by atoms with van der Waals surface area (Å²) in [6.07, 6.45) is 0.383. The standard InChI is InChI=1S/C19H17ClN4O6S/c1-28-15-6-3-11(7-16(15)29-2)8-18-22-23-19(30-18)31-10-17(25)21-12-4-5-13(20)14(9-12)24(26)27/h3-7,9H,8,10H2,1-2H3,(H,21,25). The molecule has 0 fully saturated rings. The van der Waals surface area contributed by atoms with Crippen molar-refractivity contribution in [2.75, 3.05) is 25.3 Å². The molecule has 1 heterocycles. The fourth-order valence-electron chi connectivity index (χ4n) is 2.59. The summed E-state index contributed by atoms with van der Waals surface area (Å²) in [6, 6.07) is 9.48. The van der Waals surface area contributed by atoms with Gasteiger partial charge in [0.2, 0.25) is 11.8 Å². The van der Waals surface area contributed by atoms with Crippen molar-refractivity contribution in [3.63, 3.8) is 0 Å². The van der Waals surface area contributed by atoms with Gasteiger partial charge in [-0.15, -0.1) is 10.2 Å². The predicted octanol–water partition coefficient (Wildman–Crippen LogP) is 3.97. The number of hydrogen-bond donors (Lipinski definition) is 1. The summed E-state index contributed by atoms with van der Waals surface area (Å²) in [5.74, 6) is 1.18. The Kier molecular flexibility index (Phi) is 7.32. The van der Waals surface area contributed by atoms with Crippen molar-refractivity contribution in [3.8, 4) is 11.5 Å². The minimum Gasteiger partial charge on any atom is -0.493 e. The first-order valence-electron chi connectivity index (χ1n) is 8.79. The number of nitrogens with zero attached hydrogens (tertiary/aromatic N) is 3. The maximum Gasteiger partial charge on any atom is 0.289 e. The zero-order chi connectivity index (χ0) is 22.4. The van der Waals surface area contributed by atoms with Crippen LogP contribution in [-0.2, 0) is 11.2 Å². The Labute approximate surface area is 186 Å². The highest BCUT2D eigenvalue weighted by Crippen LogP contribution is 2.29. The molecule has 0 radical (unpaired) electrons. The van der Waals surface area contributed by atoms with Crippen molar-refractivity contribution in [1.82, 2.24) is 10.2 Å². The number of nitrogens with one attached hydrogen (secondary N) is 1. The SMILES string of the molecule is COc1ccc(Cc2nnc(SCC(=O)Nc3ccc(Cl)c([N+](=O)[O-])c3)o2)cc1OC. The summed E-state index contributed by atoms with van der Waals surface area (Å²) >= 11 is 6.81. The number of carbonyl (C=O) groups is 1. The molecule has 0 aliphatic carbocycles. The lowest BCUT2D eigenvalue weighted by molar-refractivity contribution is -0.384. The number of carbonyl (C=O) groups excluding carboxylic acids is 1. The van der Waals surface area contributed by atoms with Crippen molar-refractivity contribution in [1.29, 1.82) is 0 Å². The molecule has 3 rings (SSSR count). The Hall–Kier alpha value is -3.31. The molecule has 12 heteroatoms. The molecule has 0 spiro atoms. The van der Waals surface area contributed by atoms with Gasteiger partial charge >= 0.3 is 0 Å². The Morgan fingerprint density at radius 3 is 2.68 bits per heavy atom. The van der Waals surface area contributed by atoms with E-state index in [1.807, 2.05) is 12.1 Å². The molecule has 1 amide bonds. The molecule has 10 nitrogen and oxygen atoms in total. The quantitative estimate of drug-likeness (QED) is 0.284. The topological polar surface area (TPSA) is 130 Å². The fourth-order valence-corrected chi connectivity index (χ4v) is 3.35. The van der Waals surface area contributed by atoms with Gasteiger partial charge in [-0.25, -0.2) is 0 Å². The summed E-state index contributed by atoms with van der Waals surface area (Å²) in [4.78, 5) is 22.4. The van der Waals surface area contributed by atoms with Crippen LogP contribution in [0.2, 0.25) is 5.02 Å². The van der Waals surface area contributed by atoms with E-state index in [4.69, 9.17) is 25.5 Å². The lowest BCUT2D eigenvalue weighted by Gasteiger charge is -2.08. The van der Waals surface area contributed by atoms with Gasteiger partial charge in [0, 0.05) is 11.8 Å². The van der Waals surface area contributed by atoms with Crippen molar-refractivity contribution in [3.05, 3.63) is 63.0 Å². The molecule has 1 aromatic heterocycles. The van der Waals surface area contributed by atoms with Gasteiger partial charge in [0.05, 0.1) is 31.3 Å². The fraction of sp³-hybridized carbons (Fsp3) is 0.211. The van der Waals surface area contributed by atoms with Gasteiger partial charge in [-0.1, -0.05) is 29.4 Å². The third-order valence-corrected chi connectivity index (χ3v) is 5.14. The third-order valence-electron chi connectivity index (χ3n) is 4.00. The van der Waals surface area contributed by atoms with E-state index in [0.29, 0.717) is 23.8 Å². The molecular weight excluding hydrogens is 448 g/mol. The Balaban J connectivity index is 1.56. The number of ether oxygens (including phenoxy) is 2. The van der Waals surface area contributed by atoms with Crippen LogP contribution in [0.5, 0.6) is 11.5 Å². The molecule has 31 heavy (non-hydrogen) atoms. The molecular formula is C19H17ClN4O6S. The molecule has 0 saturated heterocycles. The zero-order valence-corrected chi connectivity index (χ0v) is 18.0. The first-order chi connectivity index (χ1) is 14.9. The van der Waals surface area contributed by atoms with E-state index in [1.54, 1.807) is 20.3 Å². The molecule has 2 aromatic carbocycles. The summed E-state index contributed by atoms with van der Waals surface area (Å²) in [6.45, 7) is 0. The van der Waals surface area contributed by atoms with Crippen molar-refractivity contribution < 1.29 is 23.6 Å². The van der Waals surface area contributed by atoms with Crippen LogP contribution in [0.3, 0.4) is 0 Å². The lowest BCUT2D eigenvalue weighted by Crippen LogP contribution is -2.14. The van der Waals surface area contributed by atoms with E-state index in [9.17, 15) is 14.9 Å². The van der Waals surface area contributed by atoms with E-state index in [2.05, 4.69) is 15.5 Å². The minimum atomic E-state index is -0.620. The number of rotatable bonds is 9. The number of methoxy groups -OCH3 is 2. The van der Waals surface area contributed by atoms with Crippen LogP contribution in [0, 0.1) is 10.1 Å². The Morgan fingerprint density at radius 1 is 1.19 bits per heavy atom. The second-order valence-electron chi connectivity index (χ2n) is 6.09. The maximum absolute atomic E-state index is 12.1. The number of aromatic nitrogens is 2. The predicted molar refractivity (Wildman–Crippen MR) is 114 cm³/mol. The van der Waals surface area contributed by atoms with Crippen molar-refractivity contribution in [2.45, 2.75) is 11.6 Å². The second kappa shape index (κ2) is 10.1. The zero-order valence-electron chi connectivity index (χ0n) is 16.5. The van der Waals surface area contributed by atoms with Gasteiger partial charge in [0.15, 0.2) is 11.5 Å². The van der Waals surface area contributed by atoms with Crippen LogP contribution in [0.4, 0.5) is 11.4 Å². The number of hydrogen-bond acceptors (Lipinski definition) is 9. The Bertz CT molecular complexity index is 1110. The number of nitro benzene ring substituents is 1. The normalized spacial score (nSPS) is 10.5. The third kappa shape index (κ3) is 5.86. The van der Waals surface area contributed by atoms with Gasteiger partial charge in [0.25, 0.3) is 10.9 Å². The summed E-state index contributed by atoms with van der Waals surface area (Å²) in [7, 11) is 3.11. The second-order valence-corrected chi connectivity index (χ2v) is 7.42. The molecule has 0 atom stereocenters. The molecule has 1 N–H and O–H groups in total. The Morgan fingerprint density at radius 2 is 1.97 bits per heavy atom. The number of anilines is 1. The van der Waals surface area contributed by atoms with E-state index >= 15 is 0 Å². The number of halogens is 1. The van der Waals surface area contributed by atoms with Crippen LogP contribution in [-0.4, -0.2) is 41.0 Å². The molecule has 3 aromatic rings. The highest BCUT2D eigenvalue weighted by Gasteiger charge is 2.15. The molecule has 162 valence electrons. The summed E-state index contributed by atoms with van der Waals surface area (Å²) in [5, 5.41) is 21.6. The van der Waals surface area contributed by atoms with Crippen LogP contribution in [0.1, 0.15) is 11.5 Å². The van der Waals surface area contributed by atoms with E-state index < -0.39 is 4.92 Å². The molecule has 0 unspecified atom stereocenters. The van der Waals surface area contributed by atoms with E-state index in [1.165, 1.54) is 18.2 Å². The molecule has 0 aliphatic heterocycles. The van der Waals surface area contributed by atoms with Gasteiger partial charge < -0.3 is 19.2 Å². The van der Waals surface area contributed by atoms with Gasteiger partial charge in [-0.05, 0) is 29.8 Å². The highest BCUT2D eigenvalue weighted by atomic mass is 35.5. The van der Waals surface area contributed by atoms with Crippen molar-refractivity contribution in [2.24, 2.45) is 0 Å². The number of thioether (sulfide) groups is 1. The van der Waals surface area contributed by atoms with Crippen LogP contribution in [0.25, 0.3) is 0 Å². The monoisotopic (exact) mass is 464 g/mol. The van der Waals surface area contributed by atoms with Gasteiger partial charge in [-0.3, -0.25) is 14.9 Å². The van der Waals surface area contributed by atoms with Crippen molar-refractivity contribution >= 4 is 40.6 Å². The van der Waals surface area contributed by atoms with Gasteiger partial charge in [0.1, 0.15) is 5.02 Å². The van der Waals surface area contributed by atoms with E-state index in [-0.39, 0.29) is 33.3 Å². The molecule has 0 aliphatic rings. The van der Waals surface area contributed by atoms with Gasteiger partial charge in [-0.2, -0.15) is 0 Å². The largest absolute Gasteiger partial charge is 0.493 e. The van der Waals surface area contributed by atoms with Crippen LogP contribution in [0.15, 0.2) is 46.0 Å². The first kappa shape index (κ1) is 22.4.